The van der Waals surface area contributed by atoms with Gasteiger partial charge in [-0.25, -0.2) is 9.48 Å². The van der Waals surface area contributed by atoms with E-state index in [-0.39, 0.29) is 17.2 Å². The molecule has 0 aliphatic rings. The fraction of sp³-hybridized carbons (Fsp3) is 0.269. The van der Waals surface area contributed by atoms with E-state index in [1.165, 1.54) is 7.05 Å². The molecule has 1 N–H and O–H groups in total. The maximum absolute atomic E-state index is 13.3. The summed E-state index contributed by atoms with van der Waals surface area (Å²) in [5.74, 6) is 1.76. The van der Waals surface area contributed by atoms with Crippen molar-refractivity contribution in [2.75, 3.05) is 5.32 Å². The second-order valence-electron chi connectivity index (χ2n) is 9.18. The molecule has 0 bridgehead atoms. The lowest BCUT2D eigenvalue weighted by molar-refractivity contribution is 0.394. The zero-order valence-electron chi connectivity index (χ0n) is 20.6. The van der Waals surface area contributed by atoms with Gasteiger partial charge in [0, 0.05) is 31.8 Å². The van der Waals surface area contributed by atoms with Gasteiger partial charge in [-0.15, -0.1) is 0 Å². The average Bonchev–Trinajstić information content (AvgIpc) is 3.45. The van der Waals surface area contributed by atoms with Crippen LogP contribution in [-0.4, -0.2) is 29.1 Å². The lowest BCUT2D eigenvalue weighted by atomic mass is 10.1. The number of aromatic nitrogens is 6. The van der Waals surface area contributed by atoms with Gasteiger partial charge < -0.3 is 9.84 Å². The predicted molar refractivity (Wildman–Crippen MR) is 137 cm³/mol. The van der Waals surface area contributed by atoms with Crippen LogP contribution in [0.25, 0.3) is 22.4 Å². The summed E-state index contributed by atoms with van der Waals surface area (Å²) < 4.78 is 9.54. The molecule has 0 saturated heterocycles. The zero-order valence-corrected chi connectivity index (χ0v) is 20.6. The Hall–Kier alpha value is -4.47. The minimum Gasteiger partial charge on any atom is -0.340 e. The first kappa shape index (κ1) is 23.3. The molecule has 0 fully saturated rings. The predicted octanol–water partition coefficient (Wildman–Crippen LogP) is 3.70. The Labute approximate surface area is 206 Å². The van der Waals surface area contributed by atoms with Crippen molar-refractivity contribution in [1.82, 2.24) is 29.1 Å². The van der Waals surface area contributed by atoms with Gasteiger partial charge in [-0.05, 0) is 23.6 Å². The number of anilines is 2. The molecule has 0 aliphatic carbocycles. The summed E-state index contributed by atoms with van der Waals surface area (Å²) in [6.07, 6.45) is 0. The molecule has 2 aromatic carbocycles. The second kappa shape index (κ2) is 9.29. The first-order chi connectivity index (χ1) is 17.3. The fourth-order valence-corrected chi connectivity index (χ4v) is 4.14. The molecule has 184 valence electrons. The Morgan fingerprint density at radius 1 is 1.03 bits per heavy atom. The van der Waals surface area contributed by atoms with Crippen LogP contribution in [0.15, 0.2) is 68.7 Å². The lowest BCUT2D eigenvalue weighted by Gasteiger charge is -2.11. The van der Waals surface area contributed by atoms with Gasteiger partial charge in [0.15, 0.2) is 5.65 Å². The molecule has 10 heteroatoms. The van der Waals surface area contributed by atoms with Gasteiger partial charge in [0.2, 0.25) is 11.7 Å². The van der Waals surface area contributed by atoms with Crippen molar-refractivity contribution in [3.8, 4) is 11.4 Å². The van der Waals surface area contributed by atoms with Gasteiger partial charge >= 0.3 is 5.69 Å². The number of fused-ring (bicyclic) bond motifs is 1. The van der Waals surface area contributed by atoms with Gasteiger partial charge in [-0.1, -0.05) is 61.5 Å². The van der Waals surface area contributed by atoms with Gasteiger partial charge in [-0.2, -0.15) is 10.1 Å². The van der Waals surface area contributed by atoms with E-state index in [4.69, 9.17) is 9.62 Å². The molecule has 5 aromatic rings. The first-order valence-corrected chi connectivity index (χ1v) is 11.7. The van der Waals surface area contributed by atoms with Crippen molar-refractivity contribution in [3.05, 3.63) is 86.9 Å². The minimum absolute atomic E-state index is 0.195. The summed E-state index contributed by atoms with van der Waals surface area (Å²) in [5.41, 5.74) is 2.21. The highest BCUT2D eigenvalue weighted by atomic mass is 16.5. The SMILES string of the molecule is Cc1nc(-c2ccc(Cn3nc4c(c3Nc3ccccc3)c(=O)n(C)c(=O)n4CC(C)C)cc2)no1. The van der Waals surface area contributed by atoms with Crippen LogP contribution in [-0.2, 0) is 20.1 Å². The normalized spacial score (nSPS) is 11.5. The van der Waals surface area contributed by atoms with Crippen LogP contribution in [0.1, 0.15) is 25.3 Å². The number of hydrogen-bond donors (Lipinski definition) is 1. The number of benzene rings is 2. The van der Waals surface area contributed by atoms with Crippen molar-refractivity contribution in [3.63, 3.8) is 0 Å². The van der Waals surface area contributed by atoms with Crippen molar-refractivity contribution in [2.24, 2.45) is 13.0 Å². The van der Waals surface area contributed by atoms with E-state index in [9.17, 15) is 9.59 Å². The molecule has 0 unspecified atom stereocenters. The highest BCUT2D eigenvalue weighted by Crippen LogP contribution is 2.25. The molecule has 36 heavy (non-hydrogen) atoms. The standard InChI is InChI=1S/C26H27N7O3/c1-16(2)14-32-24-21(25(34)31(4)26(32)35)23(28-20-8-6-5-7-9-20)33(29-24)15-18-10-12-19(13-11-18)22-27-17(3)36-30-22/h5-13,16,28H,14-15H2,1-4H3. The Morgan fingerprint density at radius 2 is 1.75 bits per heavy atom. The monoisotopic (exact) mass is 485 g/mol. The molecule has 0 radical (unpaired) electrons. The number of nitrogens with zero attached hydrogens (tertiary/aromatic N) is 6. The summed E-state index contributed by atoms with van der Waals surface area (Å²) in [6, 6.07) is 17.3. The summed E-state index contributed by atoms with van der Waals surface area (Å²) in [7, 11) is 1.50. The highest BCUT2D eigenvalue weighted by Gasteiger charge is 2.22. The van der Waals surface area contributed by atoms with Crippen LogP contribution in [0.2, 0.25) is 0 Å². The number of nitrogens with one attached hydrogen (secondary N) is 1. The van der Waals surface area contributed by atoms with Crippen LogP contribution in [0, 0.1) is 12.8 Å². The highest BCUT2D eigenvalue weighted by molar-refractivity contribution is 5.89. The molecular formula is C26H27N7O3. The largest absolute Gasteiger partial charge is 0.340 e. The second-order valence-corrected chi connectivity index (χ2v) is 9.18. The number of rotatable bonds is 7. The van der Waals surface area contributed by atoms with E-state index in [1.807, 2.05) is 68.4 Å². The Bertz CT molecular complexity index is 1640. The molecule has 0 amide bonds. The Kier molecular flexibility index (Phi) is 6.01. The molecule has 5 rings (SSSR count). The number of hydrogen-bond acceptors (Lipinski definition) is 7. The maximum atomic E-state index is 13.3. The van der Waals surface area contributed by atoms with E-state index >= 15 is 0 Å². The number of aryl methyl sites for hydroxylation is 1. The lowest BCUT2D eigenvalue weighted by Crippen LogP contribution is -2.38. The maximum Gasteiger partial charge on any atom is 0.332 e. The molecule has 3 heterocycles. The van der Waals surface area contributed by atoms with E-state index in [1.54, 1.807) is 16.2 Å². The van der Waals surface area contributed by atoms with Crippen molar-refractivity contribution >= 4 is 22.5 Å². The molecular weight excluding hydrogens is 458 g/mol. The van der Waals surface area contributed by atoms with Gasteiger partial charge in [0.1, 0.15) is 11.2 Å². The molecule has 3 aromatic heterocycles. The third-order valence-electron chi connectivity index (χ3n) is 5.88. The molecule has 0 saturated carbocycles. The zero-order chi connectivity index (χ0) is 25.4. The number of para-hydroxylation sites is 1. The molecule has 10 nitrogen and oxygen atoms in total. The van der Waals surface area contributed by atoms with Crippen LogP contribution in [0.3, 0.4) is 0 Å². The third-order valence-corrected chi connectivity index (χ3v) is 5.88. The average molecular weight is 486 g/mol. The van der Waals surface area contributed by atoms with Crippen LogP contribution >= 0.6 is 0 Å². The fourth-order valence-electron chi connectivity index (χ4n) is 4.14. The minimum atomic E-state index is -0.387. The molecule has 0 spiro atoms. The van der Waals surface area contributed by atoms with Crippen molar-refractivity contribution < 1.29 is 4.52 Å². The van der Waals surface area contributed by atoms with Crippen LogP contribution in [0.4, 0.5) is 11.5 Å². The van der Waals surface area contributed by atoms with Crippen LogP contribution in [0.5, 0.6) is 0 Å². The van der Waals surface area contributed by atoms with Gasteiger partial charge in [0.25, 0.3) is 5.56 Å². The van der Waals surface area contributed by atoms with Gasteiger partial charge in [0.05, 0.1) is 6.54 Å². The van der Waals surface area contributed by atoms with E-state index in [0.29, 0.717) is 41.7 Å². The summed E-state index contributed by atoms with van der Waals surface area (Å²) >= 11 is 0. The van der Waals surface area contributed by atoms with Crippen molar-refractivity contribution in [1.29, 1.82) is 0 Å². The van der Waals surface area contributed by atoms with Gasteiger partial charge in [-0.3, -0.25) is 13.9 Å². The summed E-state index contributed by atoms with van der Waals surface area (Å²) in [5, 5.41) is 12.5. The first-order valence-electron chi connectivity index (χ1n) is 11.7. The van der Waals surface area contributed by atoms with Crippen LogP contribution < -0.4 is 16.6 Å². The Morgan fingerprint density at radius 3 is 2.39 bits per heavy atom. The Balaban J connectivity index is 1.63. The van der Waals surface area contributed by atoms with Crippen molar-refractivity contribution in [2.45, 2.75) is 33.9 Å². The molecule has 0 aliphatic heterocycles. The summed E-state index contributed by atoms with van der Waals surface area (Å²) in [6.45, 7) is 6.63. The van der Waals surface area contributed by atoms with E-state index in [0.717, 1.165) is 21.4 Å². The third kappa shape index (κ3) is 4.33. The summed E-state index contributed by atoms with van der Waals surface area (Å²) in [4.78, 5) is 30.6. The topological polar surface area (TPSA) is 113 Å². The molecule has 0 atom stereocenters. The smallest absolute Gasteiger partial charge is 0.332 e. The quantitative estimate of drug-likeness (QED) is 0.374. The van der Waals surface area contributed by atoms with E-state index < -0.39 is 0 Å². The van der Waals surface area contributed by atoms with E-state index in [2.05, 4.69) is 15.5 Å².